The highest BCUT2D eigenvalue weighted by molar-refractivity contribution is 9.10. The number of hydrogen-bond acceptors (Lipinski definition) is 2. The molecule has 1 atom stereocenters. The molecule has 2 saturated heterocycles. The van der Waals surface area contributed by atoms with Gasteiger partial charge in [-0.1, -0.05) is 6.07 Å². The standard InChI is InChI=1S/C16H21BrN2O/c1-12-5-6-14(15(17)10-12)16(20)19-9-3-8-18-7-2-4-13(18)11-19/h5-6,10,13H,2-4,7-9,11H2,1H3. The van der Waals surface area contributed by atoms with Crippen molar-refractivity contribution in [3.05, 3.63) is 33.8 Å². The van der Waals surface area contributed by atoms with Gasteiger partial charge in [0.05, 0.1) is 5.56 Å². The number of halogens is 1. The second-order valence-electron chi connectivity index (χ2n) is 5.92. The number of rotatable bonds is 1. The molecule has 0 N–H and O–H groups in total. The second-order valence-corrected chi connectivity index (χ2v) is 6.77. The number of hydrogen-bond donors (Lipinski definition) is 0. The van der Waals surface area contributed by atoms with Crippen LogP contribution in [0.25, 0.3) is 0 Å². The molecule has 3 rings (SSSR count). The minimum absolute atomic E-state index is 0.172. The van der Waals surface area contributed by atoms with Crippen LogP contribution in [0.15, 0.2) is 22.7 Å². The van der Waals surface area contributed by atoms with E-state index >= 15 is 0 Å². The molecular formula is C16H21BrN2O. The van der Waals surface area contributed by atoms with E-state index in [4.69, 9.17) is 0 Å². The fourth-order valence-electron chi connectivity index (χ4n) is 3.36. The Hall–Kier alpha value is -0.870. The number of nitrogens with zero attached hydrogens (tertiary/aromatic N) is 2. The van der Waals surface area contributed by atoms with Crippen LogP contribution in [0.2, 0.25) is 0 Å². The van der Waals surface area contributed by atoms with Gasteiger partial charge < -0.3 is 4.90 Å². The lowest BCUT2D eigenvalue weighted by Gasteiger charge is -2.26. The van der Waals surface area contributed by atoms with Crippen molar-refractivity contribution < 1.29 is 4.79 Å². The summed E-state index contributed by atoms with van der Waals surface area (Å²) in [6, 6.07) is 6.55. The summed E-state index contributed by atoms with van der Waals surface area (Å²) in [6.45, 7) is 6.16. The predicted molar refractivity (Wildman–Crippen MR) is 84.0 cm³/mol. The third kappa shape index (κ3) is 2.77. The molecule has 2 fully saturated rings. The molecule has 1 amide bonds. The van der Waals surface area contributed by atoms with E-state index in [1.807, 2.05) is 30.0 Å². The van der Waals surface area contributed by atoms with Crippen LogP contribution in [-0.2, 0) is 0 Å². The Balaban J connectivity index is 1.79. The summed E-state index contributed by atoms with van der Waals surface area (Å²) in [7, 11) is 0. The lowest BCUT2D eigenvalue weighted by atomic mass is 10.1. The van der Waals surface area contributed by atoms with Crippen molar-refractivity contribution in [2.45, 2.75) is 32.2 Å². The van der Waals surface area contributed by atoms with Crippen LogP contribution in [0.5, 0.6) is 0 Å². The molecule has 20 heavy (non-hydrogen) atoms. The van der Waals surface area contributed by atoms with Gasteiger partial charge in [0.15, 0.2) is 0 Å². The fourth-order valence-corrected chi connectivity index (χ4v) is 4.02. The maximum atomic E-state index is 12.8. The Morgan fingerprint density at radius 3 is 2.85 bits per heavy atom. The SMILES string of the molecule is Cc1ccc(C(=O)N2CCCN3CCCC3C2)c(Br)c1. The van der Waals surface area contributed by atoms with E-state index in [-0.39, 0.29) is 5.91 Å². The first kappa shape index (κ1) is 14.1. The van der Waals surface area contributed by atoms with Gasteiger partial charge in [0.2, 0.25) is 0 Å². The highest BCUT2D eigenvalue weighted by Crippen LogP contribution is 2.24. The molecule has 1 unspecified atom stereocenters. The maximum Gasteiger partial charge on any atom is 0.255 e. The molecule has 0 aliphatic carbocycles. The maximum absolute atomic E-state index is 12.8. The first-order valence-electron chi connectivity index (χ1n) is 7.44. The van der Waals surface area contributed by atoms with E-state index in [0.29, 0.717) is 6.04 Å². The molecule has 0 saturated carbocycles. The van der Waals surface area contributed by atoms with E-state index in [1.54, 1.807) is 0 Å². The lowest BCUT2D eigenvalue weighted by molar-refractivity contribution is 0.0742. The van der Waals surface area contributed by atoms with E-state index in [1.165, 1.54) is 24.9 Å². The highest BCUT2D eigenvalue weighted by Gasteiger charge is 2.31. The average Bonchev–Trinajstić information content (AvgIpc) is 2.75. The molecule has 1 aromatic rings. The predicted octanol–water partition coefficient (Wildman–Crippen LogP) is 3.07. The van der Waals surface area contributed by atoms with Gasteiger partial charge in [0, 0.05) is 30.1 Å². The van der Waals surface area contributed by atoms with Crippen molar-refractivity contribution in [3.8, 4) is 0 Å². The molecule has 4 heteroatoms. The van der Waals surface area contributed by atoms with Crippen LogP contribution >= 0.6 is 15.9 Å². The van der Waals surface area contributed by atoms with Crippen LogP contribution in [0.1, 0.15) is 35.2 Å². The van der Waals surface area contributed by atoms with Gasteiger partial charge in [0.1, 0.15) is 0 Å². The second kappa shape index (κ2) is 5.86. The molecule has 0 radical (unpaired) electrons. The Morgan fingerprint density at radius 1 is 1.25 bits per heavy atom. The van der Waals surface area contributed by atoms with Gasteiger partial charge in [-0.15, -0.1) is 0 Å². The van der Waals surface area contributed by atoms with Gasteiger partial charge in [-0.2, -0.15) is 0 Å². The molecule has 1 aromatic carbocycles. The highest BCUT2D eigenvalue weighted by atomic mass is 79.9. The van der Waals surface area contributed by atoms with E-state index in [0.717, 1.165) is 36.1 Å². The van der Waals surface area contributed by atoms with Crippen molar-refractivity contribution in [1.29, 1.82) is 0 Å². The Morgan fingerprint density at radius 2 is 2.05 bits per heavy atom. The smallest absolute Gasteiger partial charge is 0.255 e. The Bertz CT molecular complexity index is 517. The third-order valence-corrected chi connectivity index (χ3v) is 5.10. The number of carbonyl (C=O) groups excluding carboxylic acids is 1. The molecule has 0 bridgehead atoms. The molecule has 3 nitrogen and oxygen atoms in total. The molecule has 108 valence electrons. The molecule has 0 aromatic heterocycles. The van der Waals surface area contributed by atoms with Gasteiger partial charge >= 0.3 is 0 Å². The van der Waals surface area contributed by atoms with Gasteiger partial charge in [0.25, 0.3) is 5.91 Å². The summed E-state index contributed by atoms with van der Waals surface area (Å²) in [5, 5.41) is 0. The van der Waals surface area contributed by atoms with Crippen molar-refractivity contribution in [3.63, 3.8) is 0 Å². The Labute approximate surface area is 129 Å². The first-order valence-corrected chi connectivity index (χ1v) is 8.24. The van der Waals surface area contributed by atoms with Gasteiger partial charge in [-0.25, -0.2) is 0 Å². The van der Waals surface area contributed by atoms with Crippen LogP contribution in [-0.4, -0.2) is 47.9 Å². The number of benzene rings is 1. The minimum atomic E-state index is 0.172. The van der Waals surface area contributed by atoms with Crippen molar-refractivity contribution in [2.75, 3.05) is 26.2 Å². The zero-order valence-corrected chi connectivity index (χ0v) is 13.5. The van der Waals surface area contributed by atoms with E-state index < -0.39 is 0 Å². The number of aryl methyl sites for hydroxylation is 1. The largest absolute Gasteiger partial charge is 0.337 e. The van der Waals surface area contributed by atoms with E-state index in [9.17, 15) is 4.79 Å². The van der Waals surface area contributed by atoms with Crippen LogP contribution in [0, 0.1) is 6.92 Å². The summed E-state index contributed by atoms with van der Waals surface area (Å²) in [5.74, 6) is 0.172. The molecular weight excluding hydrogens is 316 g/mol. The van der Waals surface area contributed by atoms with Gasteiger partial charge in [-0.05, 0) is 66.4 Å². The normalized spacial score (nSPS) is 23.5. The first-order chi connectivity index (χ1) is 9.65. The summed E-state index contributed by atoms with van der Waals surface area (Å²) >= 11 is 3.53. The summed E-state index contributed by atoms with van der Waals surface area (Å²) in [5.41, 5.74) is 1.97. The minimum Gasteiger partial charge on any atom is -0.337 e. The zero-order chi connectivity index (χ0) is 14.1. The number of carbonyl (C=O) groups is 1. The zero-order valence-electron chi connectivity index (χ0n) is 11.9. The monoisotopic (exact) mass is 336 g/mol. The van der Waals surface area contributed by atoms with Crippen LogP contribution < -0.4 is 0 Å². The molecule has 0 spiro atoms. The van der Waals surface area contributed by atoms with Crippen molar-refractivity contribution in [2.24, 2.45) is 0 Å². The summed E-state index contributed by atoms with van der Waals surface area (Å²) < 4.78 is 0.912. The lowest BCUT2D eigenvalue weighted by Crippen LogP contribution is -2.39. The quantitative estimate of drug-likeness (QED) is 0.786. The third-order valence-electron chi connectivity index (χ3n) is 4.45. The molecule has 2 heterocycles. The van der Waals surface area contributed by atoms with Gasteiger partial charge in [-0.3, -0.25) is 9.69 Å². The van der Waals surface area contributed by atoms with Crippen molar-refractivity contribution in [1.82, 2.24) is 9.80 Å². The summed E-state index contributed by atoms with van der Waals surface area (Å²) in [4.78, 5) is 17.4. The fraction of sp³-hybridized carbons (Fsp3) is 0.562. The van der Waals surface area contributed by atoms with Crippen LogP contribution in [0.3, 0.4) is 0 Å². The van der Waals surface area contributed by atoms with Crippen molar-refractivity contribution >= 4 is 21.8 Å². The van der Waals surface area contributed by atoms with E-state index in [2.05, 4.69) is 20.8 Å². The number of amides is 1. The van der Waals surface area contributed by atoms with Crippen LogP contribution in [0.4, 0.5) is 0 Å². The topological polar surface area (TPSA) is 23.6 Å². The Kier molecular flexibility index (Phi) is 4.13. The molecule has 2 aliphatic heterocycles. The molecule has 2 aliphatic rings. The average molecular weight is 337 g/mol. The summed E-state index contributed by atoms with van der Waals surface area (Å²) in [6.07, 6.45) is 3.60. The number of fused-ring (bicyclic) bond motifs is 1.